The molecule has 2 aromatic rings. The fourth-order valence-electron chi connectivity index (χ4n) is 1.82. The molecule has 0 radical (unpaired) electrons. The molecule has 1 aromatic carbocycles. The van der Waals surface area contributed by atoms with Gasteiger partial charge in [-0.15, -0.1) is 10.2 Å². The summed E-state index contributed by atoms with van der Waals surface area (Å²) in [4.78, 5) is 0. The van der Waals surface area contributed by atoms with Crippen LogP contribution in [0.1, 0.15) is 25.0 Å². The summed E-state index contributed by atoms with van der Waals surface area (Å²) in [6.07, 6.45) is 1.08. The van der Waals surface area contributed by atoms with Gasteiger partial charge in [0.15, 0.2) is 5.82 Å². The van der Waals surface area contributed by atoms with Crippen LogP contribution in [0.15, 0.2) is 24.3 Å². The second kappa shape index (κ2) is 5.87. The monoisotopic (exact) mass is 264 g/mol. The van der Waals surface area contributed by atoms with Crippen molar-refractivity contribution in [2.75, 3.05) is 5.32 Å². The van der Waals surface area contributed by atoms with Gasteiger partial charge in [-0.2, -0.15) is 0 Å². The lowest BCUT2D eigenvalue weighted by atomic mass is 10.3. The molecule has 0 spiro atoms. The Morgan fingerprint density at radius 1 is 1.22 bits per heavy atom. The van der Waals surface area contributed by atoms with E-state index in [1.165, 1.54) is 0 Å². The van der Waals surface area contributed by atoms with Crippen molar-refractivity contribution in [3.8, 4) is 0 Å². The van der Waals surface area contributed by atoms with Crippen molar-refractivity contribution in [2.45, 2.75) is 33.4 Å². The average Bonchev–Trinajstić information content (AvgIpc) is 2.71. The molecule has 0 unspecified atom stereocenters. The van der Waals surface area contributed by atoms with Crippen LogP contribution in [0.3, 0.4) is 0 Å². The van der Waals surface area contributed by atoms with Crippen LogP contribution in [-0.4, -0.2) is 14.8 Å². The van der Waals surface area contributed by atoms with E-state index in [-0.39, 0.29) is 0 Å². The first-order valence-corrected chi connectivity index (χ1v) is 6.46. The number of nitrogens with zero attached hydrogens (tertiary/aromatic N) is 3. The van der Waals surface area contributed by atoms with Gasteiger partial charge in [0.2, 0.25) is 0 Å². The van der Waals surface area contributed by atoms with Crippen LogP contribution in [0.2, 0.25) is 5.02 Å². The van der Waals surface area contributed by atoms with Crippen molar-refractivity contribution in [1.29, 1.82) is 0 Å². The Balaban J connectivity index is 2.03. The third-order valence-electron chi connectivity index (χ3n) is 2.75. The number of aromatic nitrogens is 3. The molecule has 0 bridgehead atoms. The molecule has 0 fully saturated rings. The number of nitrogens with one attached hydrogen (secondary N) is 1. The molecule has 1 N–H and O–H groups in total. The van der Waals surface area contributed by atoms with Crippen LogP contribution >= 0.6 is 11.6 Å². The summed E-state index contributed by atoms with van der Waals surface area (Å²) in [6.45, 7) is 5.75. The van der Waals surface area contributed by atoms with Gasteiger partial charge in [0.05, 0.1) is 6.54 Å². The third kappa shape index (κ3) is 3.01. The molecule has 1 aromatic heterocycles. The molecule has 4 nitrogen and oxygen atoms in total. The van der Waals surface area contributed by atoms with Crippen LogP contribution in [0, 0.1) is 6.92 Å². The maximum absolute atomic E-state index is 5.84. The van der Waals surface area contributed by atoms with E-state index < -0.39 is 0 Å². The van der Waals surface area contributed by atoms with Gasteiger partial charge in [-0.05, 0) is 37.6 Å². The van der Waals surface area contributed by atoms with Crippen LogP contribution in [0.25, 0.3) is 0 Å². The van der Waals surface area contributed by atoms with Crippen molar-refractivity contribution in [2.24, 2.45) is 0 Å². The number of halogens is 1. The number of hydrogen-bond acceptors (Lipinski definition) is 3. The summed E-state index contributed by atoms with van der Waals surface area (Å²) in [5.41, 5.74) is 1.03. The van der Waals surface area contributed by atoms with E-state index in [2.05, 4.69) is 27.0 Å². The van der Waals surface area contributed by atoms with Gasteiger partial charge >= 0.3 is 0 Å². The van der Waals surface area contributed by atoms with Crippen molar-refractivity contribution < 1.29 is 0 Å². The minimum absolute atomic E-state index is 0.669. The molecular formula is C13H17ClN4. The molecule has 2 rings (SSSR count). The molecule has 18 heavy (non-hydrogen) atoms. The smallest absolute Gasteiger partial charge is 0.152 e. The second-order valence-electron chi connectivity index (χ2n) is 4.18. The van der Waals surface area contributed by atoms with Gasteiger partial charge in [0.25, 0.3) is 0 Å². The lowest BCUT2D eigenvalue weighted by molar-refractivity contribution is 0.628. The molecular weight excluding hydrogens is 248 g/mol. The lowest BCUT2D eigenvalue weighted by Crippen LogP contribution is -2.09. The van der Waals surface area contributed by atoms with Gasteiger partial charge in [0.1, 0.15) is 5.82 Å². The van der Waals surface area contributed by atoms with E-state index in [1.807, 2.05) is 31.2 Å². The normalized spacial score (nSPS) is 10.6. The number of aryl methyl sites for hydroxylation is 1. The number of rotatable bonds is 5. The summed E-state index contributed by atoms with van der Waals surface area (Å²) in [7, 11) is 0. The zero-order valence-corrected chi connectivity index (χ0v) is 11.4. The lowest BCUT2D eigenvalue weighted by Gasteiger charge is -2.09. The van der Waals surface area contributed by atoms with Crippen molar-refractivity contribution in [3.63, 3.8) is 0 Å². The summed E-state index contributed by atoms with van der Waals surface area (Å²) >= 11 is 5.84. The predicted molar refractivity (Wildman–Crippen MR) is 73.8 cm³/mol. The largest absolute Gasteiger partial charge is 0.378 e. The van der Waals surface area contributed by atoms with E-state index in [9.17, 15) is 0 Å². The first kappa shape index (κ1) is 12.9. The van der Waals surface area contributed by atoms with Crippen molar-refractivity contribution in [1.82, 2.24) is 14.8 Å². The molecule has 0 saturated heterocycles. The molecule has 0 aliphatic carbocycles. The molecule has 0 aliphatic rings. The summed E-state index contributed by atoms with van der Waals surface area (Å²) in [5, 5.41) is 12.4. The molecule has 5 heteroatoms. The molecule has 0 aliphatic heterocycles. The molecule has 0 atom stereocenters. The van der Waals surface area contributed by atoms with Gasteiger partial charge in [-0.1, -0.05) is 18.5 Å². The highest BCUT2D eigenvalue weighted by atomic mass is 35.5. The highest BCUT2D eigenvalue weighted by Crippen LogP contribution is 2.14. The summed E-state index contributed by atoms with van der Waals surface area (Å²) < 4.78 is 2.14. The van der Waals surface area contributed by atoms with Crippen LogP contribution in [-0.2, 0) is 13.1 Å². The summed E-state index contributed by atoms with van der Waals surface area (Å²) in [5.74, 6) is 1.93. The second-order valence-corrected chi connectivity index (χ2v) is 4.61. The quantitative estimate of drug-likeness (QED) is 0.901. The SMILES string of the molecule is CCCn1c(C)nnc1CNc1ccc(Cl)cc1. The zero-order chi connectivity index (χ0) is 13.0. The van der Waals surface area contributed by atoms with Gasteiger partial charge in [-0.25, -0.2) is 0 Å². The number of hydrogen-bond donors (Lipinski definition) is 1. The van der Waals surface area contributed by atoms with E-state index in [4.69, 9.17) is 11.6 Å². The molecule has 1 heterocycles. The fraction of sp³-hybridized carbons (Fsp3) is 0.385. The Morgan fingerprint density at radius 3 is 2.61 bits per heavy atom. The minimum atomic E-state index is 0.669. The standard InChI is InChI=1S/C13H17ClN4/c1-3-8-18-10(2)16-17-13(18)9-15-12-6-4-11(14)5-7-12/h4-7,15H,3,8-9H2,1-2H3. The molecule has 0 saturated carbocycles. The van der Waals surface area contributed by atoms with Crippen LogP contribution in [0.4, 0.5) is 5.69 Å². The maximum atomic E-state index is 5.84. The summed E-state index contributed by atoms with van der Waals surface area (Å²) in [6, 6.07) is 7.64. The van der Waals surface area contributed by atoms with Crippen molar-refractivity contribution in [3.05, 3.63) is 40.9 Å². The number of anilines is 1. The first-order chi connectivity index (χ1) is 8.70. The Bertz CT molecular complexity index is 504. The van der Waals surface area contributed by atoms with Gasteiger partial charge in [-0.3, -0.25) is 0 Å². The highest BCUT2D eigenvalue weighted by Gasteiger charge is 2.07. The number of benzene rings is 1. The first-order valence-electron chi connectivity index (χ1n) is 6.09. The van der Waals surface area contributed by atoms with E-state index in [0.717, 1.165) is 35.3 Å². The Kier molecular flexibility index (Phi) is 4.20. The van der Waals surface area contributed by atoms with E-state index >= 15 is 0 Å². The molecule has 96 valence electrons. The van der Waals surface area contributed by atoms with Crippen LogP contribution in [0.5, 0.6) is 0 Å². The topological polar surface area (TPSA) is 42.7 Å². The van der Waals surface area contributed by atoms with E-state index in [1.54, 1.807) is 0 Å². The third-order valence-corrected chi connectivity index (χ3v) is 3.01. The Hall–Kier alpha value is -1.55. The van der Waals surface area contributed by atoms with Crippen LogP contribution < -0.4 is 5.32 Å². The van der Waals surface area contributed by atoms with Gasteiger partial charge < -0.3 is 9.88 Å². The Labute approximate surface area is 112 Å². The predicted octanol–water partition coefficient (Wildman–Crippen LogP) is 3.26. The van der Waals surface area contributed by atoms with E-state index in [0.29, 0.717) is 6.54 Å². The minimum Gasteiger partial charge on any atom is -0.378 e. The molecule has 0 amide bonds. The Morgan fingerprint density at radius 2 is 1.94 bits per heavy atom. The highest BCUT2D eigenvalue weighted by molar-refractivity contribution is 6.30. The fourth-order valence-corrected chi connectivity index (χ4v) is 1.94. The van der Waals surface area contributed by atoms with Gasteiger partial charge in [0, 0.05) is 17.3 Å². The maximum Gasteiger partial charge on any atom is 0.152 e. The van der Waals surface area contributed by atoms with Crippen molar-refractivity contribution >= 4 is 17.3 Å². The zero-order valence-electron chi connectivity index (χ0n) is 10.7. The average molecular weight is 265 g/mol.